The fraction of sp³-hybridized carbons (Fsp3) is 0.500. The minimum absolute atomic E-state index is 0.425. The summed E-state index contributed by atoms with van der Waals surface area (Å²) < 4.78 is 5.96. The molecule has 0 aromatic heterocycles. The molecule has 0 amide bonds. The van der Waals surface area contributed by atoms with Gasteiger partial charge in [0, 0.05) is 0 Å². The first-order valence-corrected chi connectivity index (χ1v) is 8.71. The fourth-order valence-corrected chi connectivity index (χ4v) is 3.50. The van der Waals surface area contributed by atoms with E-state index in [4.69, 9.17) is 14.6 Å². The maximum absolute atomic E-state index is 8.77. The molecule has 3 nitrogen and oxygen atoms in total. The van der Waals surface area contributed by atoms with Crippen molar-refractivity contribution in [1.82, 2.24) is 0 Å². The lowest BCUT2D eigenvalue weighted by Gasteiger charge is -2.24. The van der Waals surface area contributed by atoms with Gasteiger partial charge in [-0.15, -0.1) is 0 Å². The molecule has 0 saturated carbocycles. The topological polar surface area (TPSA) is 49.7 Å². The summed E-state index contributed by atoms with van der Waals surface area (Å²) in [5, 5.41) is 17.5. The third-order valence-corrected chi connectivity index (χ3v) is 4.72. The predicted molar refractivity (Wildman–Crippen MR) is 66.8 cm³/mol. The molecule has 0 radical (unpaired) electrons. The van der Waals surface area contributed by atoms with Gasteiger partial charge in [-0.3, -0.25) is 0 Å². The number of hydrogen-bond donors (Lipinski definition) is 2. The Kier molecular flexibility index (Phi) is 4.98. The SMILES string of the molecule is C[Si](C)(CCCC(O)O)Oc1ccccc1. The highest BCUT2D eigenvalue weighted by molar-refractivity contribution is 6.71. The van der Waals surface area contributed by atoms with Crippen molar-refractivity contribution in [2.75, 3.05) is 0 Å². The van der Waals surface area contributed by atoms with Crippen LogP contribution in [-0.2, 0) is 0 Å². The number of benzene rings is 1. The highest BCUT2D eigenvalue weighted by Gasteiger charge is 2.23. The zero-order valence-corrected chi connectivity index (χ0v) is 10.9. The van der Waals surface area contributed by atoms with Crippen LogP contribution >= 0.6 is 0 Å². The van der Waals surface area contributed by atoms with Crippen molar-refractivity contribution < 1.29 is 14.6 Å². The highest BCUT2D eigenvalue weighted by atomic mass is 28.4. The summed E-state index contributed by atoms with van der Waals surface area (Å²) in [6, 6.07) is 10.7. The molecule has 0 spiro atoms. The molecule has 0 aliphatic carbocycles. The maximum atomic E-state index is 8.77. The van der Waals surface area contributed by atoms with E-state index in [1.807, 2.05) is 30.3 Å². The van der Waals surface area contributed by atoms with Gasteiger partial charge in [0.1, 0.15) is 5.75 Å². The fourth-order valence-electron chi connectivity index (χ4n) is 1.57. The monoisotopic (exact) mass is 240 g/mol. The van der Waals surface area contributed by atoms with E-state index in [0.717, 1.165) is 18.2 Å². The molecular formula is C12H20O3Si. The molecule has 1 rings (SSSR count). The van der Waals surface area contributed by atoms with Crippen molar-refractivity contribution in [3.8, 4) is 5.75 Å². The first-order valence-electron chi connectivity index (χ1n) is 5.60. The molecule has 0 heterocycles. The van der Waals surface area contributed by atoms with E-state index in [-0.39, 0.29) is 0 Å². The van der Waals surface area contributed by atoms with Crippen molar-refractivity contribution in [1.29, 1.82) is 0 Å². The molecule has 1 aromatic carbocycles. The van der Waals surface area contributed by atoms with Crippen LogP contribution < -0.4 is 4.43 Å². The first-order chi connectivity index (χ1) is 7.49. The molecule has 0 aliphatic rings. The van der Waals surface area contributed by atoms with Crippen LogP contribution in [0.2, 0.25) is 19.1 Å². The molecule has 0 fully saturated rings. The molecule has 0 bridgehead atoms. The second-order valence-corrected chi connectivity index (χ2v) is 8.77. The Morgan fingerprint density at radius 3 is 2.38 bits per heavy atom. The van der Waals surface area contributed by atoms with E-state index in [0.29, 0.717) is 6.42 Å². The van der Waals surface area contributed by atoms with Crippen LogP contribution in [0.1, 0.15) is 12.8 Å². The van der Waals surface area contributed by atoms with E-state index in [2.05, 4.69) is 13.1 Å². The Morgan fingerprint density at radius 1 is 1.19 bits per heavy atom. The summed E-state index contributed by atoms with van der Waals surface area (Å²) in [6.07, 6.45) is 0.0275. The summed E-state index contributed by atoms with van der Waals surface area (Å²) in [4.78, 5) is 0. The van der Waals surface area contributed by atoms with E-state index < -0.39 is 14.6 Å². The molecule has 0 aliphatic heterocycles. The summed E-state index contributed by atoms with van der Waals surface area (Å²) in [5.74, 6) is 0.906. The lowest BCUT2D eigenvalue weighted by molar-refractivity contribution is -0.0454. The van der Waals surface area contributed by atoms with Crippen LogP contribution in [0.4, 0.5) is 0 Å². The number of para-hydroxylation sites is 1. The summed E-state index contributed by atoms with van der Waals surface area (Å²) >= 11 is 0. The average Bonchev–Trinajstić information content (AvgIpc) is 2.17. The lowest BCUT2D eigenvalue weighted by Crippen LogP contribution is -2.34. The predicted octanol–water partition coefficient (Wildman–Crippen LogP) is 2.36. The van der Waals surface area contributed by atoms with Crippen molar-refractivity contribution >= 4 is 8.32 Å². The molecule has 0 saturated heterocycles. The molecule has 0 atom stereocenters. The van der Waals surface area contributed by atoms with Gasteiger partial charge in [-0.1, -0.05) is 18.2 Å². The lowest BCUT2D eigenvalue weighted by atomic mass is 10.3. The van der Waals surface area contributed by atoms with Gasteiger partial charge in [-0.05, 0) is 44.1 Å². The molecule has 2 N–H and O–H groups in total. The van der Waals surface area contributed by atoms with Crippen LogP contribution in [0, 0.1) is 0 Å². The third-order valence-electron chi connectivity index (χ3n) is 2.38. The molecule has 0 unspecified atom stereocenters. The quantitative estimate of drug-likeness (QED) is 0.593. The normalized spacial score (nSPS) is 11.8. The van der Waals surface area contributed by atoms with Gasteiger partial charge >= 0.3 is 0 Å². The maximum Gasteiger partial charge on any atom is 0.245 e. The van der Waals surface area contributed by atoms with Gasteiger partial charge in [-0.25, -0.2) is 0 Å². The largest absolute Gasteiger partial charge is 0.544 e. The van der Waals surface area contributed by atoms with E-state index in [1.54, 1.807) is 0 Å². The zero-order valence-electron chi connectivity index (χ0n) is 9.89. The molecule has 90 valence electrons. The van der Waals surface area contributed by atoms with E-state index in [1.165, 1.54) is 0 Å². The number of aliphatic hydroxyl groups is 2. The van der Waals surface area contributed by atoms with Crippen LogP contribution in [-0.4, -0.2) is 24.8 Å². The average molecular weight is 240 g/mol. The standard InChI is InChI=1S/C12H20O3Si/c1-16(2,10-6-9-12(13)14)15-11-7-4-3-5-8-11/h3-5,7-8,12-14H,6,9-10H2,1-2H3. The highest BCUT2D eigenvalue weighted by Crippen LogP contribution is 2.20. The molecule has 16 heavy (non-hydrogen) atoms. The van der Waals surface area contributed by atoms with Crippen LogP contribution in [0.5, 0.6) is 5.75 Å². The van der Waals surface area contributed by atoms with Crippen molar-refractivity contribution in [3.05, 3.63) is 30.3 Å². The van der Waals surface area contributed by atoms with Crippen molar-refractivity contribution in [2.24, 2.45) is 0 Å². The number of rotatable bonds is 6. The van der Waals surface area contributed by atoms with Gasteiger partial charge in [0.2, 0.25) is 8.32 Å². The van der Waals surface area contributed by atoms with Gasteiger partial charge in [0.05, 0.1) is 0 Å². The van der Waals surface area contributed by atoms with Crippen molar-refractivity contribution in [2.45, 2.75) is 38.3 Å². The number of hydrogen-bond acceptors (Lipinski definition) is 3. The summed E-state index contributed by atoms with van der Waals surface area (Å²) in [7, 11) is -1.73. The van der Waals surface area contributed by atoms with Gasteiger partial charge < -0.3 is 14.6 Å². The molecular weight excluding hydrogens is 220 g/mol. The van der Waals surface area contributed by atoms with Crippen LogP contribution in [0.25, 0.3) is 0 Å². The first kappa shape index (κ1) is 13.2. The second-order valence-electron chi connectivity index (χ2n) is 4.55. The van der Waals surface area contributed by atoms with Crippen LogP contribution in [0.3, 0.4) is 0 Å². The van der Waals surface area contributed by atoms with Gasteiger partial charge in [0.25, 0.3) is 0 Å². The Bertz CT molecular complexity index is 298. The van der Waals surface area contributed by atoms with Crippen LogP contribution in [0.15, 0.2) is 30.3 Å². The third kappa shape index (κ3) is 5.30. The van der Waals surface area contributed by atoms with Gasteiger partial charge in [0.15, 0.2) is 6.29 Å². The smallest absolute Gasteiger partial charge is 0.245 e. The van der Waals surface area contributed by atoms with E-state index >= 15 is 0 Å². The minimum Gasteiger partial charge on any atom is -0.544 e. The van der Waals surface area contributed by atoms with Crippen molar-refractivity contribution in [3.63, 3.8) is 0 Å². The minimum atomic E-state index is -1.73. The summed E-state index contributed by atoms with van der Waals surface area (Å²) in [5.41, 5.74) is 0. The molecule has 1 aromatic rings. The van der Waals surface area contributed by atoms with E-state index in [9.17, 15) is 0 Å². The summed E-state index contributed by atoms with van der Waals surface area (Å²) in [6.45, 7) is 4.29. The molecule has 4 heteroatoms. The van der Waals surface area contributed by atoms with Gasteiger partial charge in [-0.2, -0.15) is 0 Å². The zero-order chi connectivity index (χ0) is 12.0. The Balaban J connectivity index is 2.39. The Morgan fingerprint density at radius 2 is 1.81 bits per heavy atom. The Hall–Kier alpha value is -0.843. The number of aliphatic hydroxyl groups excluding tert-OH is 1. The Labute approximate surface area is 97.8 Å². The second kappa shape index (κ2) is 6.03.